The van der Waals surface area contributed by atoms with Crippen molar-refractivity contribution in [2.75, 3.05) is 19.6 Å². The first-order valence-corrected chi connectivity index (χ1v) is 6.39. The lowest BCUT2D eigenvalue weighted by molar-refractivity contribution is 0.0943. The van der Waals surface area contributed by atoms with E-state index in [0.29, 0.717) is 6.54 Å². The van der Waals surface area contributed by atoms with Gasteiger partial charge in [0.2, 0.25) is 0 Å². The van der Waals surface area contributed by atoms with Crippen molar-refractivity contribution >= 4 is 5.78 Å². The van der Waals surface area contributed by atoms with Crippen molar-refractivity contribution in [2.45, 2.75) is 27.2 Å². The van der Waals surface area contributed by atoms with Crippen LogP contribution >= 0.6 is 0 Å². The van der Waals surface area contributed by atoms with Gasteiger partial charge in [-0.15, -0.1) is 0 Å². The minimum atomic E-state index is 0.261. The maximum absolute atomic E-state index is 12.2. The Morgan fingerprint density at radius 1 is 1.41 bits per heavy atom. The van der Waals surface area contributed by atoms with E-state index in [-0.39, 0.29) is 5.78 Å². The number of hydrogen-bond donors (Lipinski definition) is 0. The van der Waals surface area contributed by atoms with Crippen LogP contribution in [0.5, 0.6) is 0 Å². The Labute approximate surface area is 104 Å². The van der Waals surface area contributed by atoms with Crippen molar-refractivity contribution in [1.82, 2.24) is 4.90 Å². The molecule has 1 aliphatic rings. The molecule has 1 saturated heterocycles. The third-order valence-corrected chi connectivity index (χ3v) is 3.56. The number of aryl methyl sites for hydroxylation is 2. The summed E-state index contributed by atoms with van der Waals surface area (Å²) in [5.41, 5.74) is 3.20. The van der Waals surface area contributed by atoms with Gasteiger partial charge in [-0.2, -0.15) is 0 Å². The minimum absolute atomic E-state index is 0.261. The van der Waals surface area contributed by atoms with E-state index < -0.39 is 0 Å². The molecule has 17 heavy (non-hydrogen) atoms. The fourth-order valence-electron chi connectivity index (χ4n) is 2.58. The molecule has 1 aromatic carbocycles. The largest absolute Gasteiger partial charge is 0.296 e. The summed E-state index contributed by atoms with van der Waals surface area (Å²) in [6.07, 6.45) is 1.22. The van der Waals surface area contributed by atoms with Gasteiger partial charge in [-0.1, -0.05) is 30.7 Å². The molecular formula is C15H21NO. The minimum Gasteiger partial charge on any atom is -0.296 e. The Bertz CT molecular complexity index is 425. The highest BCUT2D eigenvalue weighted by Crippen LogP contribution is 2.17. The van der Waals surface area contributed by atoms with E-state index in [1.165, 1.54) is 12.0 Å². The summed E-state index contributed by atoms with van der Waals surface area (Å²) in [7, 11) is 0. The molecule has 92 valence electrons. The van der Waals surface area contributed by atoms with Crippen LogP contribution in [-0.4, -0.2) is 30.3 Å². The number of nitrogens with zero attached hydrogens (tertiary/aromatic N) is 1. The van der Waals surface area contributed by atoms with E-state index in [2.05, 4.69) is 24.8 Å². The molecule has 0 aliphatic carbocycles. The van der Waals surface area contributed by atoms with Gasteiger partial charge in [-0.05, 0) is 38.3 Å². The molecule has 1 fully saturated rings. The average Bonchev–Trinajstić information content (AvgIpc) is 2.63. The molecule has 1 atom stereocenters. The fraction of sp³-hybridized carbons (Fsp3) is 0.533. The van der Waals surface area contributed by atoms with Gasteiger partial charge in [-0.25, -0.2) is 0 Å². The standard InChI is InChI=1S/C15H21NO/c1-11-4-5-14(13(3)8-11)15(17)10-16-7-6-12(2)9-16/h4-5,8,12H,6-7,9-10H2,1-3H3. The van der Waals surface area contributed by atoms with Gasteiger partial charge in [0.15, 0.2) is 5.78 Å². The highest BCUT2D eigenvalue weighted by Gasteiger charge is 2.21. The summed E-state index contributed by atoms with van der Waals surface area (Å²) in [5.74, 6) is 0.999. The molecule has 2 rings (SSSR count). The van der Waals surface area contributed by atoms with E-state index >= 15 is 0 Å². The molecule has 1 aliphatic heterocycles. The van der Waals surface area contributed by atoms with Crippen LogP contribution in [0.1, 0.15) is 34.8 Å². The molecule has 1 unspecified atom stereocenters. The lowest BCUT2D eigenvalue weighted by Gasteiger charge is -2.15. The molecule has 2 nitrogen and oxygen atoms in total. The number of hydrogen-bond acceptors (Lipinski definition) is 2. The highest BCUT2D eigenvalue weighted by atomic mass is 16.1. The molecule has 0 aromatic heterocycles. The van der Waals surface area contributed by atoms with Crippen LogP contribution in [0.15, 0.2) is 18.2 Å². The first-order chi connectivity index (χ1) is 8.06. The Morgan fingerprint density at radius 3 is 2.76 bits per heavy atom. The molecule has 0 N–H and O–H groups in total. The number of carbonyl (C=O) groups excluding carboxylic acids is 1. The quantitative estimate of drug-likeness (QED) is 0.746. The van der Waals surface area contributed by atoms with Gasteiger partial charge in [-0.3, -0.25) is 9.69 Å². The third kappa shape index (κ3) is 2.95. The lowest BCUT2D eigenvalue weighted by atomic mass is 10.0. The Kier molecular flexibility index (Phi) is 3.63. The molecule has 1 heterocycles. The normalized spacial score (nSPS) is 20.8. The second kappa shape index (κ2) is 5.01. The van der Waals surface area contributed by atoms with Gasteiger partial charge < -0.3 is 0 Å². The maximum Gasteiger partial charge on any atom is 0.177 e. The number of Topliss-reactive ketones (excluding diaryl/α,β-unsaturated/α-hetero) is 1. The van der Waals surface area contributed by atoms with E-state index in [9.17, 15) is 4.79 Å². The zero-order valence-corrected chi connectivity index (χ0v) is 11.0. The summed E-state index contributed by atoms with van der Waals surface area (Å²) in [4.78, 5) is 14.5. The second-order valence-corrected chi connectivity index (χ2v) is 5.37. The fourth-order valence-corrected chi connectivity index (χ4v) is 2.58. The molecular weight excluding hydrogens is 210 g/mol. The number of ketones is 1. The van der Waals surface area contributed by atoms with Crippen LogP contribution in [0.3, 0.4) is 0 Å². The first-order valence-electron chi connectivity index (χ1n) is 6.39. The summed E-state index contributed by atoms with van der Waals surface area (Å²) < 4.78 is 0. The lowest BCUT2D eigenvalue weighted by Crippen LogP contribution is -2.28. The summed E-state index contributed by atoms with van der Waals surface area (Å²) in [5, 5.41) is 0. The second-order valence-electron chi connectivity index (χ2n) is 5.37. The predicted molar refractivity (Wildman–Crippen MR) is 70.5 cm³/mol. The van der Waals surface area contributed by atoms with Crippen LogP contribution in [0.25, 0.3) is 0 Å². The Morgan fingerprint density at radius 2 is 2.18 bits per heavy atom. The maximum atomic E-state index is 12.2. The van der Waals surface area contributed by atoms with Gasteiger partial charge in [0.05, 0.1) is 6.54 Å². The van der Waals surface area contributed by atoms with E-state index in [0.717, 1.165) is 30.1 Å². The predicted octanol–water partition coefficient (Wildman–Crippen LogP) is 2.83. The van der Waals surface area contributed by atoms with Gasteiger partial charge in [0.25, 0.3) is 0 Å². The van der Waals surface area contributed by atoms with Crippen molar-refractivity contribution in [3.63, 3.8) is 0 Å². The van der Waals surface area contributed by atoms with Crippen molar-refractivity contribution in [2.24, 2.45) is 5.92 Å². The van der Waals surface area contributed by atoms with Crippen molar-refractivity contribution in [1.29, 1.82) is 0 Å². The number of rotatable bonds is 3. The highest BCUT2D eigenvalue weighted by molar-refractivity contribution is 5.99. The number of benzene rings is 1. The summed E-state index contributed by atoms with van der Waals surface area (Å²) in [6, 6.07) is 6.07. The van der Waals surface area contributed by atoms with Crippen molar-refractivity contribution < 1.29 is 4.79 Å². The van der Waals surface area contributed by atoms with Gasteiger partial charge in [0, 0.05) is 12.1 Å². The average molecular weight is 231 g/mol. The van der Waals surface area contributed by atoms with Crippen LogP contribution in [0.4, 0.5) is 0 Å². The SMILES string of the molecule is Cc1ccc(C(=O)CN2CCC(C)C2)c(C)c1. The summed E-state index contributed by atoms with van der Waals surface area (Å²) >= 11 is 0. The van der Waals surface area contributed by atoms with E-state index in [1.54, 1.807) is 0 Å². The Balaban J connectivity index is 2.04. The zero-order chi connectivity index (χ0) is 12.4. The van der Waals surface area contributed by atoms with Crippen LogP contribution < -0.4 is 0 Å². The molecule has 0 amide bonds. The van der Waals surface area contributed by atoms with Crippen molar-refractivity contribution in [3.8, 4) is 0 Å². The first kappa shape index (κ1) is 12.3. The van der Waals surface area contributed by atoms with Crippen LogP contribution in [0, 0.1) is 19.8 Å². The monoisotopic (exact) mass is 231 g/mol. The Hall–Kier alpha value is -1.15. The van der Waals surface area contributed by atoms with E-state index in [1.807, 2.05) is 19.1 Å². The smallest absolute Gasteiger partial charge is 0.177 e. The van der Waals surface area contributed by atoms with E-state index in [4.69, 9.17) is 0 Å². The summed E-state index contributed by atoms with van der Waals surface area (Å²) in [6.45, 7) is 9.04. The van der Waals surface area contributed by atoms with Gasteiger partial charge in [0.1, 0.15) is 0 Å². The molecule has 0 bridgehead atoms. The van der Waals surface area contributed by atoms with Crippen LogP contribution in [0.2, 0.25) is 0 Å². The van der Waals surface area contributed by atoms with Crippen LogP contribution in [-0.2, 0) is 0 Å². The zero-order valence-electron chi connectivity index (χ0n) is 11.0. The molecule has 0 spiro atoms. The molecule has 1 aromatic rings. The number of carbonyl (C=O) groups is 1. The topological polar surface area (TPSA) is 20.3 Å². The molecule has 0 radical (unpaired) electrons. The van der Waals surface area contributed by atoms with Crippen molar-refractivity contribution in [3.05, 3.63) is 34.9 Å². The number of likely N-dealkylation sites (tertiary alicyclic amines) is 1. The molecule has 2 heteroatoms. The molecule has 0 saturated carbocycles. The third-order valence-electron chi connectivity index (χ3n) is 3.56. The van der Waals surface area contributed by atoms with Gasteiger partial charge >= 0.3 is 0 Å².